The first-order valence-electron chi connectivity index (χ1n) is 4.01. The van der Waals surface area contributed by atoms with Crippen molar-refractivity contribution in [3.8, 4) is 0 Å². The molecule has 0 heteroatoms. The van der Waals surface area contributed by atoms with Gasteiger partial charge in [-0.25, -0.2) is 0 Å². The fraction of sp³-hybridized carbons (Fsp3) is 0.455. The maximum atomic E-state index is 3.86. The molecule has 0 bridgehead atoms. The summed E-state index contributed by atoms with van der Waals surface area (Å²) < 4.78 is 0. The molecule has 0 heterocycles. The van der Waals surface area contributed by atoms with Crippen LogP contribution in [0.4, 0.5) is 0 Å². The molecule has 62 valence electrons. The minimum absolute atomic E-state index is 1.09. The van der Waals surface area contributed by atoms with E-state index in [1.54, 1.807) is 0 Å². The summed E-state index contributed by atoms with van der Waals surface area (Å²) in [5.41, 5.74) is 3.70. The van der Waals surface area contributed by atoms with Crippen LogP contribution in [0.2, 0.25) is 0 Å². The van der Waals surface area contributed by atoms with Gasteiger partial charge < -0.3 is 0 Å². The van der Waals surface area contributed by atoms with Gasteiger partial charge >= 0.3 is 0 Å². The minimum atomic E-state index is 1.09. The third kappa shape index (κ3) is 5.65. The quantitative estimate of drug-likeness (QED) is 0.421. The highest BCUT2D eigenvalue weighted by Crippen LogP contribution is 2.09. The molecule has 0 aromatic rings. The molecule has 0 saturated heterocycles. The van der Waals surface area contributed by atoms with Crippen LogP contribution in [0.1, 0.15) is 33.6 Å². The smallest absolute Gasteiger partial charge is 0.0291 e. The average Bonchev–Trinajstić information content (AvgIpc) is 1.86. The fourth-order valence-corrected chi connectivity index (χ4v) is 0.709. The fourth-order valence-electron chi connectivity index (χ4n) is 0.709. The number of hydrogen-bond acceptors (Lipinski definition) is 0. The normalized spacial score (nSPS) is 11.4. The Morgan fingerprint density at radius 2 is 1.73 bits per heavy atom. The molecule has 0 aliphatic heterocycles. The van der Waals surface area contributed by atoms with Crippen LogP contribution in [-0.2, 0) is 0 Å². The van der Waals surface area contributed by atoms with Crippen molar-refractivity contribution in [2.24, 2.45) is 0 Å². The van der Waals surface area contributed by atoms with Crippen LogP contribution in [0.25, 0.3) is 0 Å². The summed E-state index contributed by atoms with van der Waals surface area (Å²) in [7, 11) is 0. The van der Waals surface area contributed by atoms with Crippen molar-refractivity contribution in [2.75, 3.05) is 0 Å². The SMILES string of the molecule is C=C(C)CCC=C(C)C(=C)C. The lowest BCUT2D eigenvalue weighted by Gasteiger charge is -1.98. The van der Waals surface area contributed by atoms with Gasteiger partial charge in [-0.15, -0.1) is 6.58 Å². The molecule has 0 fully saturated rings. The summed E-state index contributed by atoms with van der Waals surface area (Å²) in [4.78, 5) is 0. The zero-order valence-corrected chi connectivity index (χ0v) is 7.91. The van der Waals surface area contributed by atoms with Gasteiger partial charge in [0.05, 0.1) is 0 Å². The van der Waals surface area contributed by atoms with Crippen LogP contribution in [0.15, 0.2) is 36.0 Å². The summed E-state index contributed by atoms with van der Waals surface area (Å²) in [5, 5.41) is 0. The molecule has 0 aromatic carbocycles. The molecule has 0 aromatic heterocycles. The summed E-state index contributed by atoms with van der Waals surface area (Å²) in [5.74, 6) is 0. The van der Waals surface area contributed by atoms with Crippen LogP contribution >= 0.6 is 0 Å². The molecule has 0 saturated carbocycles. The van der Waals surface area contributed by atoms with E-state index in [1.807, 2.05) is 6.92 Å². The van der Waals surface area contributed by atoms with Gasteiger partial charge in [-0.2, -0.15) is 0 Å². The van der Waals surface area contributed by atoms with Crippen LogP contribution in [0, 0.1) is 0 Å². The Kier molecular flexibility index (Phi) is 4.60. The summed E-state index contributed by atoms with van der Waals surface area (Å²) >= 11 is 0. The van der Waals surface area contributed by atoms with Crippen molar-refractivity contribution in [1.82, 2.24) is 0 Å². The highest BCUT2D eigenvalue weighted by atomic mass is 13.9. The number of allylic oxidation sites excluding steroid dienone is 4. The molecule has 0 radical (unpaired) electrons. The van der Waals surface area contributed by atoms with E-state index in [0.29, 0.717) is 0 Å². The van der Waals surface area contributed by atoms with Crippen LogP contribution < -0.4 is 0 Å². The molecule has 0 amide bonds. The predicted octanol–water partition coefficient (Wildman–Crippen LogP) is 3.87. The Hall–Kier alpha value is -0.780. The van der Waals surface area contributed by atoms with Crippen molar-refractivity contribution < 1.29 is 0 Å². The summed E-state index contributed by atoms with van der Waals surface area (Å²) in [6, 6.07) is 0. The second-order valence-corrected chi connectivity index (χ2v) is 3.16. The van der Waals surface area contributed by atoms with Gasteiger partial charge in [0, 0.05) is 0 Å². The van der Waals surface area contributed by atoms with E-state index in [9.17, 15) is 0 Å². The Labute approximate surface area is 70.3 Å². The molecule has 0 atom stereocenters. The molecule has 0 aliphatic rings. The van der Waals surface area contributed by atoms with E-state index < -0.39 is 0 Å². The van der Waals surface area contributed by atoms with Crippen LogP contribution in [0.3, 0.4) is 0 Å². The van der Waals surface area contributed by atoms with E-state index in [0.717, 1.165) is 18.4 Å². The average molecular weight is 150 g/mol. The van der Waals surface area contributed by atoms with E-state index in [-0.39, 0.29) is 0 Å². The lowest BCUT2D eigenvalue weighted by molar-refractivity contribution is 0.974. The number of hydrogen-bond donors (Lipinski definition) is 0. The van der Waals surface area contributed by atoms with Crippen molar-refractivity contribution >= 4 is 0 Å². The summed E-state index contributed by atoms with van der Waals surface area (Å²) in [6.45, 7) is 13.9. The first-order valence-corrected chi connectivity index (χ1v) is 4.01. The van der Waals surface area contributed by atoms with Crippen molar-refractivity contribution in [3.05, 3.63) is 36.0 Å². The number of rotatable bonds is 4. The Balaban J connectivity index is 3.74. The van der Waals surface area contributed by atoms with Gasteiger partial charge in [0.15, 0.2) is 0 Å². The van der Waals surface area contributed by atoms with Crippen LogP contribution in [0.5, 0.6) is 0 Å². The Morgan fingerprint density at radius 3 is 2.09 bits per heavy atom. The first-order chi connectivity index (χ1) is 5.04. The monoisotopic (exact) mass is 150 g/mol. The molecule has 11 heavy (non-hydrogen) atoms. The van der Waals surface area contributed by atoms with Gasteiger partial charge in [-0.3, -0.25) is 0 Å². The molecular weight excluding hydrogens is 132 g/mol. The molecule has 0 unspecified atom stereocenters. The van der Waals surface area contributed by atoms with Gasteiger partial charge in [0.2, 0.25) is 0 Å². The second-order valence-electron chi connectivity index (χ2n) is 3.16. The van der Waals surface area contributed by atoms with E-state index in [1.165, 1.54) is 11.1 Å². The highest BCUT2D eigenvalue weighted by Gasteiger charge is 1.88. The molecule has 0 spiro atoms. The topological polar surface area (TPSA) is 0 Å². The molecule has 0 aliphatic carbocycles. The lowest BCUT2D eigenvalue weighted by Crippen LogP contribution is -1.78. The maximum absolute atomic E-state index is 3.86. The van der Waals surface area contributed by atoms with E-state index in [2.05, 4.69) is 33.1 Å². The zero-order chi connectivity index (χ0) is 8.85. The van der Waals surface area contributed by atoms with Crippen LogP contribution in [-0.4, -0.2) is 0 Å². The molecular formula is C11H18. The standard InChI is InChI=1S/C11H18/c1-9(2)7-6-8-11(5)10(3)4/h8H,1,3,6-7H2,2,4-5H3. The second kappa shape index (κ2) is 4.95. The zero-order valence-electron chi connectivity index (χ0n) is 7.91. The Bertz CT molecular complexity index is 182. The third-order valence-electron chi connectivity index (χ3n) is 1.69. The lowest BCUT2D eigenvalue weighted by atomic mass is 10.1. The molecule has 0 N–H and O–H groups in total. The van der Waals surface area contributed by atoms with Crippen molar-refractivity contribution in [3.63, 3.8) is 0 Å². The predicted molar refractivity (Wildman–Crippen MR) is 52.6 cm³/mol. The van der Waals surface area contributed by atoms with Crippen molar-refractivity contribution in [1.29, 1.82) is 0 Å². The van der Waals surface area contributed by atoms with Gasteiger partial charge in [0.25, 0.3) is 0 Å². The first kappa shape index (κ1) is 10.2. The van der Waals surface area contributed by atoms with E-state index in [4.69, 9.17) is 0 Å². The minimum Gasteiger partial charge on any atom is -0.100 e. The highest BCUT2D eigenvalue weighted by molar-refractivity contribution is 5.23. The van der Waals surface area contributed by atoms with Gasteiger partial charge in [-0.05, 0) is 33.6 Å². The van der Waals surface area contributed by atoms with Gasteiger partial charge in [-0.1, -0.05) is 29.4 Å². The van der Waals surface area contributed by atoms with Gasteiger partial charge in [0.1, 0.15) is 0 Å². The summed E-state index contributed by atoms with van der Waals surface area (Å²) in [6.07, 6.45) is 4.40. The molecule has 0 nitrogen and oxygen atoms in total. The van der Waals surface area contributed by atoms with E-state index >= 15 is 0 Å². The largest absolute Gasteiger partial charge is 0.100 e. The third-order valence-corrected chi connectivity index (χ3v) is 1.69. The maximum Gasteiger partial charge on any atom is -0.0291 e. The van der Waals surface area contributed by atoms with Crippen molar-refractivity contribution in [2.45, 2.75) is 33.6 Å². The molecule has 0 rings (SSSR count). The Morgan fingerprint density at radius 1 is 1.18 bits per heavy atom.